The predicted octanol–water partition coefficient (Wildman–Crippen LogP) is 9.78. The number of hydrogen-bond donors (Lipinski definition) is 9. The second-order valence-corrected chi connectivity index (χ2v) is 20.7. The van der Waals surface area contributed by atoms with Crippen molar-refractivity contribution in [3.8, 4) is 0 Å². The lowest BCUT2D eigenvalue weighted by molar-refractivity contribution is -0.359. The SMILES string of the molecule is CC/C=C\C/C=C\C/C=C\C/C=C\CCCCCCCCCCCCCCCCCCCCC(=O)NC(COC1OC(CO)C(OC2OC(CO)C(O)C(O)C2O)C(O)C1O)C(O)/C=C/CCCCCCCCC. The summed E-state index contributed by atoms with van der Waals surface area (Å²) in [6.45, 7) is 2.64. The Hall–Kier alpha value is -2.31. The van der Waals surface area contributed by atoms with Crippen molar-refractivity contribution in [2.45, 2.75) is 293 Å². The predicted molar refractivity (Wildman–Crippen MR) is 295 cm³/mol. The van der Waals surface area contributed by atoms with Gasteiger partial charge in [-0.05, 0) is 57.8 Å². The second-order valence-electron chi connectivity index (χ2n) is 20.7. The molecule has 0 spiro atoms. The highest BCUT2D eigenvalue weighted by atomic mass is 16.7. The van der Waals surface area contributed by atoms with Crippen molar-refractivity contribution in [1.82, 2.24) is 5.32 Å². The van der Waals surface area contributed by atoms with Gasteiger partial charge in [-0.15, -0.1) is 0 Å². The van der Waals surface area contributed by atoms with Crippen LogP contribution in [-0.4, -0.2) is 140 Å². The van der Waals surface area contributed by atoms with Gasteiger partial charge in [0.05, 0.1) is 32.0 Å². The van der Waals surface area contributed by atoms with Crippen LogP contribution >= 0.6 is 0 Å². The maximum Gasteiger partial charge on any atom is 0.220 e. The number of aliphatic hydroxyl groups excluding tert-OH is 8. The van der Waals surface area contributed by atoms with Crippen LogP contribution in [0.25, 0.3) is 0 Å². The molecule has 2 saturated heterocycles. The van der Waals surface area contributed by atoms with E-state index in [1.165, 1.54) is 122 Å². The Morgan fingerprint density at radius 1 is 0.500 bits per heavy atom. The Balaban J connectivity index is 1.62. The number of nitrogens with one attached hydrogen (secondary N) is 1. The molecule has 0 aliphatic carbocycles. The zero-order chi connectivity index (χ0) is 53.9. The maximum atomic E-state index is 13.2. The zero-order valence-corrected chi connectivity index (χ0v) is 46.1. The molecule has 0 saturated carbocycles. The number of carbonyl (C=O) groups is 1. The van der Waals surface area contributed by atoms with E-state index >= 15 is 0 Å². The minimum atomic E-state index is -1.79. The Labute approximate surface area is 447 Å². The summed E-state index contributed by atoms with van der Waals surface area (Å²) in [5, 5.41) is 86.8. The Morgan fingerprint density at radius 2 is 0.932 bits per heavy atom. The first-order chi connectivity index (χ1) is 36.1. The standard InChI is InChI=1S/C60H107NO13/c1-3-5-7-9-11-13-14-15-16-17-18-19-20-21-22-23-24-25-26-27-28-29-30-31-32-33-34-36-38-40-42-44-52(65)61-48(49(64)43-41-39-37-35-12-10-8-6-4-2)47-71-59-57(70)55(68)58(51(46-63)73-59)74-60-56(69)54(67)53(66)50(45-62)72-60/h5,7,11,13,15-16,18-19,41,43,48-51,53-60,62-64,66-70H,3-4,6,8-10,12,14,17,20-40,42,44-47H2,1-2H3,(H,61,65)/b7-5-,13-11-,16-15-,19-18-,43-41+. The Bertz CT molecular complexity index is 1470. The molecular weight excluding hydrogens is 943 g/mol. The van der Waals surface area contributed by atoms with Gasteiger partial charge in [-0.1, -0.05) is 216 Å². The van der Waals surface area contributed by atoms with Gasteiger partial charge in [0, 0.05) is 6.42 Å². The van der Waals surface area contributed by atoms with Crippen molar-refractivity contribution in [3.05, 3.63) is 60.8 Å². The second kappa shape index (κ2) is 45.7. The molecule has 0 radical (unpaired) electrons. The van der Waals surface area contributed by atoms with Crippen molar-refractivity contribution in [2.24, 2.45) is 0 Å². The van der Waals surface area contributed by atoms with E-state index in [0.717, 1.165) is 70.6 Å². The fraction of sp³-hybridized carbons (Fsp3) is 0.817. The highest BCUT2D eigenvalue weighted by Crippen LogP contribution is 2.30. The quantitative estimate of drug-likeness (QED) is 0.0205. The van der Waals surface area contributed by atoms with Crippen molar-refractivity contribution in [3.63, 3.8) is 0 Å². The van der Waals surface area contributed by atoms with Gasteiger partial charge in [0.25, 0.3) is 0 Å². The molecular formula is C60H107NO13. The lowest BCUT2D eigenvalue weighted by atomic mass is 9.97. The number of amides is 1. The van der Waals surface area contributed by atoms with E-state index < -0.39 is 86.8 Å². The Kier molecular flexibility index (Phi) is 41.9. The molecule has 2 aliphatic rings. The van der Waals surface area contributed by atoms with Crippen LogP contribution < -0.4 is 5.32 Å². The first-order valence-electron chi connectivity index (χ1n) is 29.5. The molecule has 2 fully saturated rings. The molecule has 9 N–H and O–H groups in total. The summed E-state index contributed by atoms with van der Waals surface area (Å²) in [4.78, 5) is 13.2. The van der Waals surface area contributed by atoms with Crippen LogP contribution in [0.4, 0.5) is 0 Å². The zero-order valence-electron chi connectivity index (χ0n) is 46.1. The van der Waals surface area contributed by atoms with Gasteiger partial charge in [0.1, 0.15) is 48.8 Å². The van der Waals surface area contributed by atoms with E-state index in [-0.39, 0.29) is 18.9 Å². The molecule has 14 heteroatoms. The number of aliphatic hydroxyl groups is 8. The van der Waals surface area contributed by atoms with Gasteiger partial charge in [0.2, 0.25) is 5.91 Å². The number of unbranched alkanes of at least 4 members (excludes halogenated alkanes) is 25. The number of carbonyl (C=O) groups excluding carboxylic acids is 1. The third-order valence-corrected chi connectivity index (χ3v) is 14.2. The molecule has 2 rings (SSSR count). The van der Waals surface area contributed by atoms with Gasteiger partial charge in [-0.25, -0.2) is 0 Å². The molecule has 2 aliphatic heterocycles. The van der Waals surface area contributed by atoms with Crippen LogP contribution in [0.1, 0.15) is 219 Å². The van der Waals surface area contributed by atoms with Gasteiger partial charge in [-0.3, -0.25) is 4.79 Å². The van der Waals surface area contributed by atoms with Crippen LogP contribution in [0.15, 0.2) is 60.8 Å². The lowest BCUT2D eigenvalue weighted by Crippen LogP contribution is -2.65. The minimum Gasteiger partial charge on any atom is -0.394 e. The first-order valence-corrected chi connectivity index (χ1v) is 29.5. The van der Waals surface area contributed by atoms with E-state index in [1.54, 1.807) is 6.08 Å². The fourth-order valence-corrected chi connectivity index (χ4v) is 9.46. The molecule has 0 aromatic heterocycles. The van der Waals surface area contributed by atoms with E-state index in [1.807, 2.05) is 6.08 Å². The minimum absolute atomic E-state index is 0.242. The van der Waals surface area contributed by atoms with Gasteiger partial charge < -0.3 is 65.1 Å². The largest absolute Gasteiger partial charge is 0.394 e. The summed E-state index contributed by atoms with van der Waals surface area (Å²) >= 11 is 0. The molecule has 1 amide bonds. The smallest absolute Gasteiger partial charge is 0.220 e. The van der Waals surface area contributed by atoms with Gasteiger partial charge >= 0.3 is 0 Å². The Morgan fingerprint density at radius 3 is 1.43 bits per heavy atom. The van der Waals surface area contributed by atoms with Crippen molar-refractivity contribution in [1.29, 1.82) is 0 Å². The molecule has 0 bridgehead atoms. The average molecular weight is 1050 g/mol. The molecule has 0 aromatic carbocycles. The van der Waals surface area contributed by atoms with Crippen LogP contribution in [0.2, 0.25) is 0 Å². The topological polar surface area (TPSA) is 228 Å². The van der Waals surface area contributed by atoms with Crippen LogP contribution in [0.5, 0.6) is 0 Å². The highest BCUT2D eigenvalue weighted by Gasteiger charge is 2.51. The highest BCUT2D eigenvalue weighted by molar-refractivity contribution is 5.76. The normalized spacial score (nSPS) is 25.6. The van der Waals surface area contributed by atoms with Crippen LogP contribution in [0, 0.1) is 0 Å². The summed E-state index contributed by atoms with van der Waals surface area (Å²) < 4.78 is 22.7. The van der Waals surface area contributed by atoms with Crippen molar-refractivity contribution >= 4 is 5.91 Å². The molecule has 74 heavy (non-hydrogen) atoms. The van der Waals surface area contributed by atoms with Crippen LogP contribution in [0.3, 0.4) is 0 Å². The van der Waals surface area contributed by atoms with Crippen molar-refractivity contribution < 1.29 is 64.6 Å². The summed E-state index contributed by atoms with van der Waals surface area (Å²) in [5.74, 6) is -0.242. The molecule has 14 nitrogen and oxygen atoms in total. The molecule has 12 atom stereocenters. The van der Waals surface area contributed by atoms with Gasteiger partial charge in [-0.2, -0.15) is 0 Å². The summed E-state index contributed by atoms with van der Waals surface area (Å²) in [6, 6.07) is -0.913. The summed E-state index contributed by atoms with van der Waals surface area (Å²) in [6.07, 6.45) is 41.5. The molecule has 2 heterocycles. The molecule has 12 unspecified atom stereocenters. The number of rotatable bonds is 46. The summed E-state index contributed by atoms with van der Waals surface area (Å²) in [7, 11) is 0. The van der Waals surface area contributed by atoms with Crippen LogP contribution in [-0.2, 0) is 23.7 Å². The number of allylic oxidation sites excluding steroid dienone is 9. The lowest BCUT2D eigenvalue weighted by Gasteiger charge is -2.46. The van der Waals surface area contributed by atoms with E-state index in [2.05, 4.69) is 67.8 Å². The summed E-state index contributed by atoms with van der Waals surface area (Å²) in [5.41, 5.74) is 0. The van der Waals surface area contributed by atoms with E-state index in [4.69, 9.17) is 18.9 Å². The van der Waals surface area contributed by atoms with Crippen molar-refractivity contribution in [2.75, 3.05) is 19.8 Å². The average Bonchev–Trinajstić information content (AvgIpc) is 3.40. The monoisotopic (exact) mass is 1050 g/mol. The molecule has 0 aromatic rings. The number of hydrogen-bond acceptors (Lipinski definition) is 13. The third-order valence-electron chi connectivity index (χ3n) is 14.2. The molecule has 430 valence electrons. The number of ether oxygens (including phenoxy) is 4. The maximum absolute atomic E-state index is 13.2. The van der Waals surface area contributed by atoms with E-state index in [0.29, 0.717) is 6.42 Å². The van der Waals surface area contributed by atoms with E-state index in [9.17, 15) is 45.6 Å². The first kappa shape index (κ1) is 67.8. The fourth-order valence-electron chi connectivity index (χ4n) is 9.46. The van der Waals surface area contributed by atoms with Gasteiger partial charge in [0.15, 0.2) is 12.6 Å². The third kappa shape index (κ3) is 31.2.